The fourth-order valence-electron chi connectivity index (χ4n) is 2.91. The zero-order valence-corrected chi connectivity index (χ0v) is 10.1. The van der Waals surface area contributed by atoms with Crippen molar-refractivity contribution < 1.29 is 4.79 Å². The molecule has 2 aliphatic rings. The molecule has 0 bridgehead atoms. The second-order valence-electron chi connectivity index (χ2n) is 5.11. The molecule has 3 rings (SSSR count). The maximum absolute atomic E-state index is 10.9. The smallest absolute Gasteiger partial charge is 0.128 e. The summed E-state index contributed by atoms with van der Waals surface area (Å²) >= 11 is 0. The summed E-state index contributed by atoms with van der Waals surface area (Å²) in [6, 6.07) is 4.34. The van der Waals surface area contributed by atoms with E-state index in [-0.39, 0.29) is 5.92 Å². The maximum Gasteiger partial charge on any atom is 0.128 e. The van der Waals surface area contributed by atoms with Crippen LogP contribution in [0.3, 0.4) is 0 Å². The van der Waals surface area contributed by atoms with Gasteiger partial charge in [-0.25, -0.2) is 4.98 Å². The Balaban J connectivity index is 1.81. The van der Waals surface area contributed by atoms with Crippen LogP contribution in [0.5, 0.6) is 0 Å². The topological polar surface area (TPSA) is 33.2 Å². The van der Waals surface area contributed by atoms with E-state index in [1.165, 1.54) is 24.1 Å². The van der Waals surface area contributed by atoms with Gasteiger partial charge in [0.15, 0.2) is 0 Å². The van der Waals surface area contributed by atoms with E-state index in [2.05, 4.69) is 17.0 Å². The van der Waals surface area contributed by atoms with Gasteiger partial charge < -0.3 is 9.69 Å². The summed E-state index contributed by atoms with van der Waals surface area (Å²) in [6.45, 7) is 1.88. The zero-order valence-electron chi connectivity index (χ0n) is 10.1. The van der Waals surface area contributed by atoms with E-state index in [1.807, 2.05) is 0 Å². The lowest BCUT2D eigenvalue weighted by Gasteiger charge is -2.31. The van der Waals surface area contributed by atoms with E-state index in [0.29, 0.717) is 0 Å². The third kappa shape index (κ3) is 2.06. The Morgan fingerprint density at radius 2 is 2.24 bits per heavy atom. The van der Waals surface area contributed by atoms with Crippen LogP contribution in [0, 0.1) is 5.92 Å². The monoisotopic (exact) mass is 230 g/mol. The minimum absolute atomic E-state index is 0.193. The Morgan fingerprint density at radius 1 is 1.29 bits per heavy atom. The average molecular weight is 230 g/mol. The molecule has 1 fully saturated rings. The van der Waals surface area contributed by atoms with Crippen molar-refractivity contribution in [1.29, 1.82) is 0 Å². The van der Waals surface area contributed by atoms with E-state index in [0.717, 1.165) is 44.5 Å². The van der Waals surface area contributed by atoms with E-state index in [1.54, 1.807) is 0 Å². The fourth-order valence-corrected chi connectivity index (χ4v) is 2.91. The van der Waals surface area contributed by atoms with Crippen LogP contribution in [0.15, 0.2) is 12.1 Å². The predicted octanol–water partition coefficient (Wildman–Crippen LogP) is 1.99. The summed E-state index contributed by atoms with van der Waals surface area (Å²) in [5, 5.41) is 0. The highest BCUT2D eigenvalue weighted by atomic mass is 16.1. The summed E-state index contributed by atoms with van der Waals surface area (Å²) in [6.07, 6.45) is 6.77. The van der Waals surface area contributed by atoms with Gasteiger partial charge in [0.2, 0.25) is 0 Å². The van der Waals surface area contributed by atoms with Crippen LogP contribution in [0.1, 0.15) is 30.5 Å². The fraction of sp³-hybridized carbons (Fsp3) is 0.571. The van der Waals surface area contributed by atoms with Gasteiger partial charge >= 0.3 is 0 Å². The Labute approximate surface area is 102 Å². The number of fused-ring (bicyclic) bond motifs is 1. The van der Waals surface area contributed by atoms with Crippen LogP contribution in [0.4, 0.5) is 5.82 Å². The number of carbonyl (C=O) groups excluding carboxylic acids is 1. The number of nitrogens with zero attached hydrogens (tertiary/aromatic N) is 2. The second kappa shape index (κ2) is 4.47. The van der Waals surface area contributed by atoms with Gasteiger partial charge in [0.1, 0.15) is 12.1 Å². The van der Waals surface area contributed by atoms with E-state index < -0.39 is 0 Å². The van der Waals surface area contributed by atoms with Gasteiger partial charge in [-0.15, -0.1) is 0 Å². The molecule has 1 saturated heterocycles. The van der Waals surface area contributed by atoms with Crippen LogP contribution < -0.4 is 4.90 Å². The van der Waals surface area contributed by atoms with Gasteiger partial charge in [0.25, 0.3) is 0 Å². The quantitative estimate of drug-likeness (QED) is 0.728. The van der Waals surface area contributed by atoms with Crippen molar-refractivity contribution in [2.75, 3.05) is 18.0 Å². The van der Waals surface area contributed by atoms with Crippen LogP contribution in [0.25, 0.3) is 0 Å². The average Bonchev–Trinajstić information content (AvgIpc) is 2.86. The molecule has 2 heterocycles. The standard InChI is InChI=1S/C14H18N2O/c17-10-11-3-2-8-16(9-11)14-7-6-12-4-1-5-13(12)15-14/h6-7,10-11H,1-5,8-9H2. The van der Waals surface area contributed by atoms with Gasteiger partial charge in [-0.2, -0.15) is 0 Å². The third-order valence-electron chi connectivity index (χ3n) is 3.89. The lowest BCUT2D eigenvalue weighted by molar-refractivity contribution is -0.111. The van der Waals surface area contributed by atoms with E-state index >= 15 is 0 Å². The normalized spacial score (nSPS) is 23.5. The molecule has 0 spiro atoms. The minimum Gasteiger partial charge on any atom is -0.356 e. The molecule has 1 unspecified atom stereocenters. The number of piperidine rings is 1. The molecule has 1 aromatic heterocycles. The predicted molar refractivity (Wildman–Crippen MR) is 67.3 cm³/mol. The molecule has 0 aromatic carbocycles. The van der Waals surface area contributed by atoms with Crippen molar-refractivity contribution in [3.05, 3.63) is 23.4 Å². The molecule has 3 heteroatoms. The Bertz CT molecular complexity index is 430. The highest BCUT2D eigenvalue weighted by Gasteiger charge is 2.21. The molecule has 3 nitrogen and oxygen atoms in total. The number of aryl methyl sites for hydroxylation is 2. The number of carbonyl (C=O) groups is 1. The Morgan fingerprint density at radius 3 is 3.12 bits per heavy atom. The summed E-state index contributed by atoms with van der Waals surface area (Å²) in [5.41, 5.74) is 2.69. The molecule has 1 atom stereocenters. The highest BCUT2D eigenvalue weighted by Crippen LogP contribution is 2.25. The number of rotatable bonds is 2. The molecular weight excluding hydrogens is 212 g/mol. The number of aromatic nitrogens is 1. The second-order valence-corrected chi connectivity index (χ2v) is 5.11. The largest absolute Gasteiger partial charge is 0.356 e. The van der Waals surface area contributed by atoms with E-state index in [4.69, 9.17) is 4.98 Å². The van der Waals surface area contributed by atoms with Crippen LogP contribution >= 0.6 is 0 Å². The molecule has 17 heavy (non-hydrogen) atoms. The summed E-state index contributed by atoms with van der Waals surface area (Å²) in [5.74, 6) is 1.26. The molecular formula is C14H18N2O. The van der Waals surface area contributed by atoms with Crippen LogP contribution in [-0.4, -0.2) is 24.4 Å². The summed E-state index contributed by atoms with van der Waals surface area (Å²) in [4.78, 5) is 17.9. The first-order valence-electron chi connectivity index (χ1n) is 6.56. The molecule has 0 N–H and O–H groups in total. The van der Waals surface area contributed by atoms with Crippen molar-refractivity contribution in [1.82, 2.24) is 4.98 Å². The van der Waals surface area contributed by atoms with Crippen LogP contribution in [0.2, 0.25) is 0 Å². The molecule has 0 amide bonds. The third-order valence-corrected chi connectivity index (χ3v) is 3.89. The number of hydrogen-bond donors (Lipinski definition) is 0. The minimum atomic E-state index is 0.193. The van der Waals surface area contributed by atoms with Crippen LogP contribution in [-0.2, 0) is 17.6 Å². The first-order chi connectivity index (χ1) is 8.36. The van der Waals surface area contributed by atoms with Crippen molar-refractivity contribution in [3.63, 3.8) is 0 Å². The Kier molecular flexibility index (Phi) is 2.83. The van der Waals surface area contributed by atoms with Gasteiger partial charge in [-0.1, -0.05) is 6.07 Å². The Hall–Kier alpha value is -1.38. The first kappa shape index (κ1) is 10.8. The maximum atomic E-state index is 10.9. The molecule has 1 aromatic rings. The van der Waals surface area contributed by atoms with E-state index in [9.17, 15) is 4.79 Å². The van der Waals surface area contributed by atoms with Gasteiger partial charge in [-0.3, -0.25) is 0 Å². The highest BCUT2D eigenvalue weighted by molar-refractivity contribution is 5.56. The van der Waals surface area contributed by atoms with Crippen molar-refractivity contribution >= 4 is 12.1 Å². The number of hydrogen-bond acceptors (Lipinski definition) is 3. The van der Waals surface area contributed by atoms with Crippen molar-refractivity contribution in [2.45, 2.75) is 32.1 Å². The van der Waals surface area contributed by atoms with Crippen molar-refractivity contribution in [3.8, 4) is 0 Å². The molecule has 0 saturated carbocycles. The van der Waals surface area contributed by atoms with Crippen molar-refractivity contribution in [2.24, 2.45) is 5.92 Å². The molecule has 1 aliphatic carbocycles. The number of aldehydes is 1. The lowest BCUT2D eigenvalue weighted by Crippen LogP contribution is -2.36. The first-order valence-corrected chi connectivity index (χ1v) is 6.56. The number of pyridine rings is 1. The van der Waals surface area contributed by atoms with Gasteiger partial charge in [0, 0.05) is 24.7 Å². The number of anilines is 1. The summed E-state index contributed by atoms with van der Waals surface area (Å²) in [7, 11) is 0. The SMILES string of the molecule is O=CC1CCCN(c2ccc3c(n2)CCC3)C1. The summed E-state index contributed by atoms with van der Waals surface area (Å²) < 4.78 is 0. The molecule has 90 valence electrons. The molecule has 1 aliphatic heterocycles. The molecule has 0 radical (unpaired) electrons. The lowest BCUT2D eigenvalue weighted by atomic mass is 10.00. The zero-order chi connectivity index (χ0) is 11.7. The van der Waals surface area contributed by atoms with Gasteiger partial charge in [0.05, 0.1) is 0 Å². The van der Waals surface area contributed by atoms with Gasteiger partial charge in [-0.05, 0) is 43.7 Å².